The number of likely N-dealkylation sites (N-methyl/N-ethyl adjacent to an activating group) is 1. The molecule has 0 atom stereocenters. The van der Waals surface area contributed by atoms with E-state index < -0.39 is 0 Å². The van der Waals surface area contributed by atoms with E-state index in [4.69, 9.17) is 9.72 Å². The fourth-order valence-corrected chi connectivity index (χ4v) is 3.74. The van der Waals surface area contributed by atoms with Gasteiger partial charge in [0.05, 0.1) is 5.52 Å². The summed E-state index contributed by atoms with van der Waals surface area (Å²) in [6.45, 7) is 3.40. The number of aromatic amines is 1. The Morgan fingerprint density at radius 1 is 0.970 bits per heavy atom. The Balaban J connectivity index is 1.53. The van der Waals surface area contributed by atoms with Crippen LogP contribution >= 0.6 is 0 Å². The average molecular weight is 440 g/mol. The van der Waals surface area contributed by atoms with E-state index in [0.717, 1.165) is 56.9 Å². The number of nitrogens with one attached hydrogen (secondary N) is 2. The number of ether oxygens (including phenoxy) is 1. The first-order valence-electron chi connectivity index (χ1n) is 10.8. The van der Waals surface area contributed by atoms with Gasteiger partial charge in [0.25, 0.3) is 0 Å². The summed E-state index contributed by atoms with van der Waals surface area (Å²) in [5.74, 6) is 3.05. The van der Waals surface area contributed by atoms with E-state index in [1.165, 1.54) is 0 Å². The molecule has 0 saturated heterocycles. The molecule has 8 nitrogen and oxygen atoms in total. The van der Waals surface area contributed by atoms with Crippen LogP contribution in [0.2, 0.25) is 0 Å². The van der Waals surface area contributed by atoms with E-state index in [1.54, 1.807) is 6.20 Å². The van der Waals surface area contributed by atoms with Gasteiger partial charge in [0.2, 0.25) is 0 Å². The molecule has 8 heteroatoms. The summed E-state index contributed by atoms with van der Waals surface area (Å²) in [6.07, 6.45) is 3.66. The molecule has 0 spiro atoms. The summed E-state index contributed by atoms with van der Waals surface area (Å²) in [7, 11) is 4.06. The van der Waals surface area contributed by atoms with E-state index in [1.807, 2.05) is 69.7 Å². The van der Waals surface area contributed by atoms with Crippen LogP contribution in [0, 0.1) is 6.92 Å². The van der Waals surface area contributed by atoms with E-state index in [2.05, 4.69) is 36.4 Å². The number of benzene rings is 2. The molecule has 0 radical (unpaired) electrons. The smallest absolute Gasteiger partial charge is 0.163 e. The average Bonchev–Trinajstić information content (AvgIpc) is 3.26. The summed E-state index contributed by atoms with van der Waals surface area (Å²) < 4.78 is 5.81. The van der Waals surface area contributed by atoms with Gasteiger partial charge in [-0.3, -0.25) is 4.98 Å². The first-order valence-corrected chi connectivity index (χ1v) is 10.8. The number of pyridine rings is 2. The predicted octanol–water partition coefficient (Wildman–Crippen LogP) is 4.56. The molecule has 2 N–H and O–H groups in total. The van der Waals surface area contributed by atoms with Crippen molar-refractivity contribution in [2.75, 3.05) is 32.6 Å². The zero-order valence-corrected chi connectivity index (χ0v) is 18.8. The predicted molar refractivity (Wildman–Crippen MR) is 131 cm³/mol. The molecule has 0 aliphatic rings. The molecule has 0 aliphatic heterocycles. The van der Waals surface area contributed by atoms with Crippen LogP contribution in [0.25, 0.3) is 33.1 Å². The van der Waals surface area contributed by atoms with Crippen molar-refractivity contribution in [1.82, 2.24) is 30.0 Å². The Morgan fingerprint density at radius 2 is 1.82 bits per heavy atom. The minimum atomic E-state index is 0.646. The molecule has 2 aromatic carbocycles. The highest BCUT2D eigenvalue weighted by molar-refractivity contribution is 6.13. The second-order valence-electron chi connectivity index (χ2n) is 8.14. The summed E-state index contributed by atoms with van der Waals surface area (Å²) in [6, 6.07) is 16.0. The van der Waals surface area contributed by atoms with Gasteiger partial charge in [-0.25, -0.2) is 4.98 Å². The van der Waals surface area contributed by atoms with Crippen molar-refractivity contribution < 1.29 is 4.74 Å². The second kappa shape index (κ2) is 8.84. The molecule has 0 unspecified atom stereocenters. The van der Waals surface area contributed by atoms with Gasteiger partial charge in [-0.05, 0) is 57.4 Å². The van der Waals surface area contributed by atoms with Crippen LogP contribution in [0.15, 0.2) is 60.9 Å². The number of rotatable bonds is 7. The first kappa shape index (κ1) is 20.8. The number of fused-ring (bicyclic) bond motifs is 3. The highest BCUT2D eigenvalue weighted by atomic mass is 16.5. The lowest BCUT2D eigenvalue weighted by atomic mass is 10.0. The van der Waals surface area contributed by atoms with E-state index >= 15 is 0 Å². The third-order valence-electron chi connectivity index (χ3n) is 5.40. The Kier molecular flexibility index (Phi) is 5.58. The summed E-state index contributed by atoms with van der Waals surface area (Å²) in [4.78, 5) is 14.7. The molecule has 33 heavy (non-hydrogen) atoms. The van der Waals surface area contributed by atoms with Crippen molar-refractivity contribution in [1.29, 1.82) is 0 Å². The molecule has 3 heterocycles. The number of hydrogen-bond acceptors (Lipinski definition) is 7. The van der Waals surface area contributed by atoms with E-state index in [0.29, 0.717) is 12.4 Å². The number of H-pyrrole nitrogens is 1. The quantitative estimate of drug-likeness (QED) is 0.359. The molecule has 0 aliphatic carbocycles. The number of hydrogen-bond donors (Lipinski definition) is 2. The lowest BCUT2D eigenvalue weighted by Gasteiger charge is -2.14. The maximum Gasteiger partial charge on any atom is 0.163 e. The highest BCUT2D eigenvalue weighted by Gasteiger charge is 2.14. The molecule has 0 saturated carbocycles. The summed E-state index contributed by atoms with van der Waals surface area (Å²) in [5, 5.41) is 14.9. The number of aryl methyl sites for hydroxylation is 1. The van der Waals surface area contributed by atoms with Gasteiger partial charge in [0, 0.05) is 46.3 Å². The molecule has 0 bridgehead atoms. The SMILES string of the molecule is Cc1nnc(-c2cccc3c2nc(Nc2ccc(OCCN(C)C)cc2)c2ccncc23)[nH]1. The largest absolute Gasteiger partial charge is 0.492 e. The fraction of sp³-hybridized carbons (Fsp3) is 0.200. The second-order valence-corrected chi connectivity index (χ2v) is 8.14. The minimum absolute atomic E-state index is 0.646. The molecular weight excluding hydrogens is 414 g/mol. The van der Waals surface area contributed by atoms with Crippen molar-refractivity contribution >= 4 is 33.2 Å². The van der Waals surface area contributed by atoms with Crippen LogP contribution in [0.1, 0.15) is 5.82 Å². The van der Waals surface area contributed by atoms with Gasteiger partial charge in [-0.1, -0.05) is 12.1 Å². The fourth-order valence-electron chi connectivity index (χ4n) is 3.74. The molecule has 5 rings (SSSR count). The van der Waals surface area contributed by atoms with Gasteiger partial charge in [0.1, 0.15) is 24.0 Å². The van der Waals surface area contributed by atoms with Crippen molar-refractivity contribution in [2.45, 2.75) is 6.92 Å². The Hall–Kier alpha value is -4.04. The maximum atomic E-state index is 5.81. The van der Waals surface area contributed by atoms with Crippen LogP contribution in [0.3, 0.4) is 0 Å². The zero-order chi connectivity index (χ0) is 22.8. The molecule has 5 aromatic rings. The van der Waals surface area contributed by atoms with Gasteiger partial charge in [-0.2, -0.15) is 0 Å². The molecule has 3 aromatic heterocycles. The lowest BCUT2D eigenvalue weighted by Crippen LogP contribution is -2.19. The van der Waals surface area contributed by atoms with Crippen molar-refractivity contribution in [3.63, 3.8) is 0 Å². The number of aromatic nitrogens is 5. The first-order chi connectivity index (χ1) is 16.1. The van der Waals surface area contributed by atoms with Crippen molar-refractivity contribution in [3.8, 4) is 17.1 Å². The monoisotopic (exact) mass is 439 g/mol. The summed E-state index contributed by atoms with van der Waals surface area (Å²) in [5.41, 5.74) is 2.65. The highest BCUT2D eigenvalue weighted by Crippen LogP contribution is 2.34. The van der Waals surface area contributed by atoms with E-state index in [-0.39, 0.29) is 0 Å². The van der Waals surface area contributed by atoms with Gasteiger partial charge >= 0.3 is 0 Å². The number of nitrogens with zero attached hydrogens (tertiary/aromatic N) is 5. The standard InChI is InChI=1S/C25H25N7O/c1-16-27-25(31-30-16)21-6-4-5-19-22-15-26-12-11-20(22)24(29-23(19)21)28-17-7-9-18(10-8-17)33-14-13-32(2)3/h4-12,15H,13-14H2,1-3H3,(H,28,29)(H,27,30,31). The van der Waals surface area contributed by atoms with Crippen molar-refractivity contribution in [3.05, 3.63) is 66.7 Å². The maximum absolute atomic E-state index is 5.81. The third-order valence-corrected chi connectivity index (χ3v) is 5.40. The van der Waals surface area contributed by atoms with Crippen LogP contribution in [0.4, 0.5) is 11.5 Å². The van der Waals surface area contributed by atoms with Gasteiger partial charge in [0.15, 0.2) is 5.82 Å². The normalized spacial score (nSPS) is 11.4. The summed E-state index contributed by atoms with van der Waals surface area (Å²) >= 11 is 0. The van der Waals surface area contributed by atoms with Crippen LogP contribution < -0.4 is 10.1 Å². The Bertz CT molecular complexity index is 1410. The topological polar surface area (TPSA) is 91.8 Å². The van der Waals surface area contributed by atoms with Crippen LogP contribution in [-0.2, 0) is 0 Å². The van der Waals surface area contributed by atoms with Gasteiger partial charge < -0.3 is 19.9 Å². The van der Waals surface area contributed by atoms with Crippen LogP contribution in [0.5, 0.6) is 5.75 Å². The lowest BCUT2D eigenvalue weighted by molar-refractivity contribution is 0.261. The Labute approximate surface area is 191 Å². The van der Waals surface area contributed by atoms with Crippen LogP contribution in [-0.4, -0.2) is 57.3 Å². The number of anilines is 2. The van der Waals surface area contributed by atoms with E-state index in [9.17, 15) is 0 Å². The number of para-hydroxylation sites is 1. The molecular formula is C25H25N7O. The van der Waals surface area contributed by atoms with Gasteiger partial charge in [-0.15, -0.1) is 10.2 Å². The molecule has 166 valence electrons. The third kappa shape index (κ3) is 4.33. The molecule has 0 amide bonds. The zero-order valence-electron chi connectivity index (χ0n) is 18.8. The molecule has 0 fully saturated rings. The van der Waals surface area contributed by atoms with Crippen molar-refractivity contribution in [2.24, 2.45) is 0 Å². The minimum Gasteiger partial charge on any atom is -0.492 e. The Morgan fingerprint density at radius 3 is 2.58 bits per heavy atom.